The number of rotatable bonds is 4. The van der Waals surface area contributed by atoms with Crippen LogP contribution in [-0.4, -0.2) is 28.0 Å². The van der Waals surface area contributed by atoms with E-state index in [2.05, 4.69) is 27.5 Å². The van der Waals surface area contributed by atoms with E-state index in [1.807, 2.05) is 20.8 Å². The Bertz CT molecular complexity index is 367. The fraction of sp³-hybridized carbons (Fsp3) is 0.583. The zero-order valence-corrected chi connectivity index (χ0v) is 10.9. The molecule has 0 atom stereocenters. The summed E-state index contributed by atoms with van der Waals surface area (Å²) in [5, 5.41) is 5.94. The summed E-state index contributed by atoms with van der Waals surface area (Å²) >= 11 is 0. The van der Waals surface area contributed by atoms with Gasteiger partial charge in [0, 0.05) is 12.1 Å². The van der Waals surface area contributed by atoms with Crippen molar-refractivity contribution in [2.75, 3.05) is 11.9 Å². The smallest absolute Gasteiger partial charge is 0.271 e. The quantitative estimate of drug-likeness (QED) is 0.837. The Hall–Kier alpha value is -1.65. The average molecular weight is 236 g/mol. The largest absolute Gasteiger partial charge is 0.369 e. The first-order valence-corrected chi connectivity index (χ1v) is 5.81. The minimum absolute atomic E-state index is 0.202. The van der Waals surface area contributed by atoms with Crippen molar-refractivity contribution in [1.29, 1.82) is 0 Å². The average Bonchev–Trinajstić information content (AvgIpc) is 2.24. The number of hydrogen-bond donors (Lipinski definition) is 2. The highest BCUT2D eigenvalue weighted by molar-refractivity contribution is 5.92. The van der Waals surface area contributed by atoms with Crippen molar-refractivity contribution in [2.24, 2.45) is 0 Å². The minimum Gasteiger partial charge on any atom is -0.369 e. The van der Waals surface area contributed by atoms with Gasteiger partial charge in [-0.1, -0.05) is 6.92 Å². The van der Waals surface area contributed by atoms with Crippen molar-refractivity contribution in [1.82, 2.24) is 15.3 Å². The summed E-state index contributed by atoms with van der Waals surface area (Å²) in [5.74, 6) is 0.492. The molecule has 1 aromatic heterocycles. The molecule has 0 bridgehead atoms. The molecule has 0 aromatic carbocycles. The van der Waals surface area contributed by atoms with Crippen LogP contribution in [0.4, 0.5) is 5.82 Å². The maximum atomic E-state index is 11.8. The molecular formula is C12H20N4O. The fourth-order valence-corrected chi connectivity index (χ4v) is 1.19. The van der Waals surface area contributed by atoms with Gasteiger partial charge in [-0.2, -0.15) is 0 Å². The number of carbonyl (C=O) groups is 1. The molecule has 1 rings (SSSR count). The van der Waals surface area contributed by atoms with Gasteiger partial charge in [-0.25, -0.2) is 9.97 Å². The van der Waals surface area contributed by atoms with E-state index < -0.39 is 0 Å². The van der Waals surface area contributed by atoms with Crippen LogP contribution in [0.5, 0.6) is 0 Å². The molecule has 0 aliphatic carbocycles. The van der Waals surface area contributed by atoms with Gasteiger partial charge in [0.25, 0.3) is 5.91 Å². The third-order valence-electron chi connectivity index (χ3n) is 1.93. The maximum Gasteiger partial charge on any atom is 0.271 e. The van der Waals surface area contributed by atoms with Crippen LogP contribution < -0.4 is 10.6 Å². The molecule has 0 radical (unpaired) electrons. The van der Waals surface area contributed by atoms with E-state index in [0.29, 0.717) is 11.5 Å². The highest BCUT2D eigenvalue weighted by Crippen LogP contribution is 2.04. The van der Waals surface area contributed by atoms with Crippen LogP contribution in [0.15, 0.2) is 12.4 Å². The predicted molar refractivity (Wildman–Crippen MR) is 68.0 cm³/mol. The van der Waals surface area contributed by atoms with Gasteiger partial charge in [-0.15, -0.1) is 0 Å². The van der Waals surface area contributed by atoms with E-state index in [1.54, 1.807) is 6.20 Å². The second kappa shape index (κ2) is 5.61. The fourth-order valence-electron chi connectivity index (χ4n) is 1.19. The van der Waals surface area contributed by atoms with Crippen LogP contribution in [0.25, 0.3) is 0 Å². The monoisotopic (exact) mass is 236 g/mol. The number of aromatic nitrogens is 2. The number of amides is 1. The summed E-state index contributed by atoms with van der Waals surface area (Å²) < 4.78 is 0. The summed E-state index contributed by atoms with van der Waals surface area (Å²) in [7, 11) is 0. The number of hydrogen-bond acceptors (Lipinski definition) is 4. The van der Waals surface area contributed by atoms with Crippen LogP contribution in [0.3, 0.4) is 0 Å². The van der Waals surface area contributed by atoms with E-state index >= 15 is 0 Å². The Labute approximate surface area is 102 Å². The summed E-state index contributed by atoms with van der Waals surface area (Å²) in [5.41, 5.74) is 0.0692. The van der Waals surface area contributed by atoms with E-state index in [9.17, 15) is 4.79 Å². The van der Waals surface area contributed by atoms with Crippen LogP contribution in [0, 0.1) is 0 Å². The second-order valence-electron chi connectivity index (χ2n) is 4.92. The molecule has 0 fully saturated rings. The Balaban J connectivity index is 2.64. The molecular weight excluding hydrogens is 216 g/mol. The van der Waals surface area contributed by atoms with Crippen molar-refractivity contribution in [3.8, 4) is 0 Å². The van der Waals surface area contributed by atoms with Gasteiger partial charge in [-0.05, 0) is 27.2 Å². The maximum absolute atomic E-state index is 11.8. The zero-order chi connectivity index (χ0) is 12.9. The van der Waals surface area contributed by atoms with Crippen molar-refractivity contribution < 1.29 is 4.79 Å². The first kappa shape index (κ1) is 13.4. The normalized spacial score (nSPS) is 11.1. The van der Waals surface area contributed by atoms with Gasteiger partial charge in [0.2, 0.25) is 0 Å². The summed E-state index contributed by atoms with van der Waals surface area (Å²) in [6.07, 6.45) is 4.08. The summed E-state index contributed by atoms with van der Waals surface area (Å²) in [6.45, 7) is 8.70. The van der Waals surface area contributed by atoms with Crippen molar-refractivity contribution >= 4 is 11.7 Å². The molecule has 2 N–H and O–H groups in total. The van der Waals surface area contributed by atoms with Gasteiger partial charge in [-0.3, -0.25) is 4.79 Å². The number of nitrogens with zero attached hydrogens (tertiary/aromatic N) is 2. The molecule has 0 aliphatic rings. The van der Waals surface area contributed by atoms with Crippen LogP contribution in [0.1, 0.15) is 44.6 Å². The van der Waals surface area contributed by atoms with Crippen molar-refractivity contribution in [2.45, 2.75) is 39.7 Å². The molecule has 5 nitrogen and oxygen atoms in total. The van der Waals surface area contributed by atoms with Crippen LogP contribution >= 0.6 is 0 Å². The third-order valence-corrected chi connectivity index (χ3v) is 1.93. The van der Waals surface area contributed by atoms with E-state index in [0.717, 1.165) is 13.0 Å². The lowest BCUT2D eigenvalue weighted by Gasteiger charge is -2.19. The molecule has 94 valence electrons. The zero-order valence-electron chi connectivity index (χ0n) is 10.9. The van der Waals surface area contributed by atoms with E-state index in [1.165, 1.54) is 6.20 Å². The molecule has 0 saturated carbocycles. The van der Waals surface area contributed by atoms with Crippen LogP contribution in [-0.2, 0) is 0 Å². The summed E-state index contributed by atoms with van der Waals surface area (Å²) in [4.78, 5) is 20.0. The predicted octanol–water partition coefficient (Wildman–Crippen LogP) is 1.83. The highest BCUT2D eigenvalue weighted by atomic mass is 16.2. The highest BCUT2D eigenvalue weighted by Gasteiger charge is 2.16. The molecule has 1 aromatic rings. The van der Waals surface area contributed by atoms with Gasteiger partial charge in [0.1, 0.15) is 11.5 Å². The van der Waals surface area contributed by atoms with Gasteiger partial charge < -0.3 is 10.6 Å². The Morgan fingerprint density at radius 1 is 1.29 bits per heavy atom. The van der Waals surface area contributed by atoms with Gasteiger partial charge in [0.05, 0.1) is 12.4 Å². The Kier molecular flexibility index (Phi) is 4.43. The number of nitrogens with one attached hydrogen (secondary N) is 2. The lowest BCUT2D eigenvalue weighted by Crippen LogP contribution is -2.40. The molecule has 17 heavy (non-hydrogen) atoms. The number of carbonyl (C=O) groups excluding carboxylic acids is 1. The molecule has 1 amide bonds. The lowest BCUT2D eigenvalue weighted by atomic mass is 10.1. The Morgan fingerprint density at radius 3 is 2.47 bits per heavy atom. The molecule has 0 aliphatic heterocycles. The molecule has 0 saturated heterocycles. The molecule has 0 spiro atoms. The van der Waals surface area contributed by atoms with Crippen molar-refractivity contribution in [3.05, 3.63) is 18.1 Å². The van der Waals surface area contributed by atoms with Gasteiger partial charge in [0.15, 0.2) is 0 Å². The third kappa shape index (κ3) is 4.80. The first-order chi connectivity index (χ1) is 7.92. The van der Waals surface area contributed by atoms with Crippen molar-refractivity contribution in [3.63, 3.8) is 0 Å². The summed E-state index contributed by atoms with van der Waals surface area (Å²) in [6, 6.07) is 0. The molecule has 5 heteroatoms. The van der Waals surface area contributed by atoms with E-state index in [4.69, 9.17) is 0 Å². The lowest BCUT2D eigenvalue weighted by molar-refractivity contribution is 0.0914. The molecule has 0 unspecified atom stereocenters. The van der Waals surface area contributed by atoms with Crippen LogP contribution in [0.2, 0.25) is 0 Å². The SMILES string of the molecule is CCCNc1cnc(C(=O)NC(C)(C)C)cn1. The first-order valence-electron chi connectivity index (χ1n) is 5.81. The van der Waals surface area contributed by atoms with E-state index in [-0.39, 0.29) is 11.4 Å². The number of anilines is 1. The van der Waals surface area contributed by atoms with Gasteiger partial charge >= 0.3 is 0 Å². The minimum atomic E-state index is -0.266. The topological polar surface area (TPSA) is 66.9 Å². The standard InChI is InChI=1S/C12H20N4O/c1-5-6-13-10-8-14-9(7-15-10)11(17)16-12(2,3)4/h7-8H,5-6H2,1-4H3,(H,13,15)(H,16,17). The Morgan fingerprint density at radius 2 is 2.00 bits per heavy atom. The molecule has 1 heterocycles. The second-order valence-corrected chi connectivity index (χ2v) is 4.92.